The van der Waals surface area contributed by atoms with E-state index >= 15 is 0 Å². The summed E-state index contributed by atoms with van der Waals surface area (Å²) in [6.45, 7) is 1.98. The van der Waals surface area contributed by atoms with E-state index in [1.165, 1.54) is 0 Å². The molecular weight excluding hydrogens is 482 g/mol. The lowest BCUT2D eigenvalue weighted by molar-refractivity contribution is 0.102. The molecule has 0 saturated heterocycles. The van der Waals surface area contributed by atoms with Crippen LogP contribution in [0.5, 0.6) is 0 Å². The molecule has 2 N–H and O–H groups in total. The third-order valence-corrected chi connectivity index (χ3v) is 6.86. The fraction of sp³-hybridized carbons (Fsp3) is 0.0606. The molecule has 186 valence electrons. The third kappa shape index (κ3) is 4.52. The molecule has 0 saturated carbocycles. The molecule has 0 fully saturated rings. The minimum Gasteiger partial charge on any atom is -0.350 e. The Balaban J connectivity index is 1.26. The summed E-state index contributed by atoms with van der Waals surface area (Å²) in [7, 11) is 1.98. The van der Waals surface area contributed by atoms with Crippen molar-refractivity contribution in [2.24, 2.45) is 7.05 Å². The van der Waals surface area contributed by atoms with Crippen LogP contribution in [0, 0.1) is 30.1 Å². The maximum atomic E-state index is 13.2. The number of aryl methyl sites for hydroxylation is 2. The van der Waals surface area contributed by atoms with Gasteiger partial charge in [0.2, 0.25) is 0 Å². The monoisotopic (exact) mass is 505 g/mol. The number of carbonyl (C=O) groups excluding carboxylic acids is 1. The van der Waals surface area contributed by atoms with E-state index in [1.807, 2.05) is 97.5 Å². The van der Waals surface area contributed by atoms with Crippen molar-refractivity contribution in [3.05, 3.63) is 119 Å². The number of nitrogens with one attached hydrogen (secondary N) is 2. The standard InChI is InChI=1S/C33H23N5O/c1-21-5-8-25(16-24(21)11-12-26-19-36-32-28(26)4-3-15-35-32)33(39)37-27-13-14-29-30(20-38(2)31(29)17-27)23-9-6-22(18-34)7-10-23/h3-10,13-17,19-20H,1-2H3,(H,35,36)(H,37,39). The van der Waals surface area contributed by atoms with Crippen LogP contribution in [0.2, 0.25) is 0 Å². The van der Waals surface area contributed by atoms with Gasteiger partial charge in [-0.25, -0.2) is 4.98 Å². The largest absolute Gasteiger partial charge is 0.350 e. The predicted octanol–water partition coefficient (Wildman–Crippen LogP) is 6.55. The van der Waals surface area contributed by atoms with Gasteiger partial charge in [-0.3, -0.25) is 4.79 Å². The summed E-state index contributed by atoms with van der Waals surface area (Å²) in [5.74, 6) is 6.24. The van der Waals surface area contributed by atoms with Crippen LogP contribution in [0.1, 0.15) is 32.6 Å². The first-order valence-corrected chi connectivity index (χ1v) is 12.5. The second-order valence-corrected chi connectivity index (χ2v) is 9.41. The van der Waals surface area contributed by atoms with Gasteiger partial charge in [0.05, 0.1) is 22.7 Å². The lowest BCUT2D eigenvalue weighted by atomic mass is 10.0. The Kier molecular flexibility index (Phi) is 5.92. The smallest absolute Gasteiger partial charge is 0.255 e. The van der Waals surface area contributed by atoms with Crippen LogP contribution in [0.25, 0.3) is 33.1 Å². The number of aromatic amines is 1. The van der Waals surface area contributed by atoms with E-state index in [-0.39, 0.29) is 5.91 Å². The number of carbonyl (C=O) groups is 1. The quantitative estimate of drug-likeness (QED) is 0.267. The minimum absolute atomic E-state index is 0.199. The maximum Gasteiger partial charge on any atom is 0.255 e. The molecule has 1 amide bonds. The summed E-state index contributed by atoms with van der Waals surface area (Å²) >= 11 is 0. The van der Waals surface area contributed by atoms with Gasteiger partial charge in [0.25, 0.3) is 5.91 Å². The van der Waals surface area contributed by atoms with E-state index in [0.717, 1.165) is 49.8 Å². The number of fused-ring (bicyclic) bond motifs is 2. The molecule has 6 nitrogen and oxygen atoms in total. The van der Waals surface area contributed by atoms with Crippen LogP contribution in [0.15, 0.2) is 91.4 Å². The number of amides is 1. The topological polar surface area (TPSA) is 86.5 Å². The number of nitrogens with zero attached hydrogens (tertiary/aromatic N) is 3. The van der Waals surface area contributed by atoms with Crippen molar-refractivity contribution in [1.29, 1.82) is 5.26 Å². The van der Waals surface area contributed by atoms with E-state index in [2.05, 4.69) is 39.4 Å². The van der Waals surface area contributed by atoms with Crippen molar-refractivity contribution < 1.29 is 4.79 Å². The second kappa shape index (κ2) is 9.70. The average Bonchev–Trinajstić information content (AvgIpc) is 3.53. The Labute approximate surface area is 225 Å². The number of benzene rings is 3. The zero-order valence-corrected chi connectivity index (χ0v) is 21.4. The molecule has 0 atom stereocenters. The van der Waals surface area contributed by atoms with E-state index in [1.54, 1.807) is 6.20 Å². The van der Waals surface area contributed by atoms with E-state index < -0.39 is 0 Å². The Hall–Kier alpha value is -5.59. The molecule has 0 bridgehead atoms. The number of nitriles is 1. The maximum absolute atomic E-state index is 13.2. The lowest BCUT2D eigenvalue weighted by Crippen LogP contribution is -2.12. The first kappa shape index (κ1) is 23.8. The van der Waals surface area contributed by atoms with Gasteiger partial charge in [0.15, 0.2) is 0 Å². The van der Waals surface area contributed by atoms with Crippen LogP contribution in [-0.4, -0.2) is 20.4 Å². The molecule has 0 aliphatic rings. The number of aromatic nitrogens is 3. The van der Waals surface area contributed by atoms with Crippen molar-refractivity contribution in [3.63, 3.8) is 0 Å². The van der Waals surface area contributed by atoms with Crippen molar-refractivity contribution >= 4 is 33.5 Å². The molecule has 6 aromatic rings. The summed E-state index contributed by atoms with van der Waals surface area (Å²) < 4.78 is 2.04. The summed E-state index contributed by atoms with van der Waals surface area (Å²) in [6, 6.07) is 25.0. The third-order valence-electron chi connectivity index (χ3n) is 6.86. The average molecular weight is 506 g/mol. The number of rotatable bonds is 3. The minimum atomic E-state index is -0.199. The number of hydrogen-bond acceptors (Lipinski definition) is 3. The van der Waals surface area contributed by atoms with Gasteiger partial charge in [-0.2, -0.15) is 5.26 Å². The summed E-state index contributed by atoms with van der Waals surface area (Å²) in [6.07, 6.45) is 5.65. The summed E-state index contributed by atoms with van der Waals surface area (Å²) in [4.78, 5) is 20.6. The molecular formula is C33H23N5O. The molecule has 6 heteroatoms. The highest BCUT2D eigenvalue weighted by Gasteiger charge is 2.12. The van der Waals surface area contributed by atoms with Crippen molar-refractivity contribution in [3.8, 4) is 29.0 Å². The molecule has 3 heterocycles. The van der Waals surface area contributed by atoms with Crippen LogP contribution < -0.4 is 5.32 Å². The molecule has 0 unspecified atom stereocenters. The molecule has 3 aromatic heterocycles. The molecule has 39 heavy (non-hydrogen) atoms. The number of anilines is 1. The summed E-state index contributed by atoms with van der Waals surface area (Å²) in [5, 5.41) is 14.2. The van der Waals surface area contributed by atoms with Crippen molar-refractivity contribution in [2.75, 3.05) is 5.32 Å². The number of H-pyrrole nitrogens is 1. The highest BCUT2D eigenvalue weighted by Crippen LogP contribution is 2.32. The zero-order valence-electron chi connectivity index (χ0n) is 21.4. The van der Waals surface area contributed by atoms with Gasteiger partial charge in [0.1, 0.15) is 5.65 Å². The Morgan fingerprint density at radius 2 is 1.79 bits per heavy atom. The summed E-state index contributed by atoms with van der Waals surface area (Å²) in [5.41, 5.74) is 8.43. The number of hydrogen-bond donors (Lipinski definition) is 2. The fourth-order valence-electron chi connectivity index (χ4n) is 4.71. The second-order valence-electron chi connectivity index (χ2n) is 9.41. The van der Waals surface area contributed by atoms with Crippen LogP contribution in [-0.2, 0) is 7.05 Å². The molecule has 0 radical (unpaired) electrons. The van der Waals surface area contributed by atoms with Crippen molar-refractivity contribution in [1.82, 2.24) is 14.5 Å². The highest BCUT2D eigenvalue weighted by molar-refractivity contribution is 6.06. The van der Waals surface area contributed by atoms with Gasteiger partial charge in [0, 0.05) is 58.8 Å². The molecule has 0 aliphatic heterocycles. The fourth-order valence-corrected chi connectivity index (χ4v) is 4.71. The molecule has 6 rings (SSSR count). The molecule has 0 spiro atoms. The van der Waals surface area contributed by atoms with Crippen LogP contribution in [0.4, 0.5) is 5.69 Å². The van der Waals surface area contributed by atoms with Crippen LogP contribution in [0.3, 0.4) is 0 Å². The van der Waals surface area contributed by atoms with Gasteiger partial charge in [-0.05, 0) is 66.6 Å². The predicted molar refractivity (Wildman–Crippen MR) is 154 cm³/mol. The Morgan fingerprint density at radius 1 is 0.974 bits per heavy atom. The zero-order chi connectivity index (χ0) is 26.9. The lowest BCUT2D eigenvalue weighted by Gasteiger charge is -2.08. The van der Waals surface area contributed by atoms with Gasteiger partial charge in [-0.15, -0.1) is 0 Å². The van der Waals surface area contributed by atoms with E-state index in [4.69, 9.17) is 5.26 Å². The SMILES string of the molecule is Cc1ccc(C(=O)Nc2ccc3c(-c4ccc(C#N)cc4)cn(C)c3c2)cc1C#Cc1c[nH]c2ncccc12. The first-order chi connectivity index (χ1) is 19.0. The molecule has 0 aliphatic carbocycles. The van der Waals surface area contributed by atoms with Crippen molar-refractivity contribution in [2.45, 2.75) is 6.92 Å². The Bertz CT molecular complexity index is 1990. The molecule has 3 aromatic carbocycles. The Morgan fingerprint density at radius 3 is 2.62 bits per heavy atom. The van der Waals surface area contributed by atoms with Gasteiger partial charge >= 0.3 is 0 Å². The van der Waals surface area contributed by atoms with E-state index in [9.17, 15) is 4.79 Å². The van der Waals surface area contributed by atoms with Gasteiger partial charge in [-0.1, -0.05) is 36.1 Å². The van der Waals surface area contributed by atoms with E-state index in [0.29, 0.717) is 16.8 Å². The number of pyridine rings is 1. The normalized spacial score (nSPS) is 10.7. The highest BCUT2D eigenvalue weighted by atomic mass is 16.1. The van der Waals surface area contributed by atoms with Crippen LogP contribution >= 0.6 is 0 Å². The first-order valence-electron chi connectivity index (χ1n) is 12.5. The van der Waals surface area contributed by atoms with Gasteiger partial charge < -0.3 is 14.9 Å².